The quantitative estimate of drug-likeness (QED) is 0.541. The van der Waals surface area contributed by atoms with Gasteiger partial charge in [-0.3, -0.25) is 14.6 Å². The van der Waals surface area contributed by atoms with Gasteiger partial charge in [0.1, 0.15) is 12.1 Å². The maximum atomic E-state index is 13.7. The fourth-order valence-corrected chi connectivity index (χ4v) is 5.12. The number of rotatable bonds is 7. The fourth-order valence-electron chi connectivity index (χ4n) is 5.12. The highest BCUT2D eigenvalue weighted by Crippen LogP contribution is 2.27. The van der Waals surface area contributed by atoms with Crippen molar-refractivity contribution in [3.8, 4) is 0 Å². The SMILES string of the molecule is COC(=O)[C@@H](Cc1cccnc1)NC(=O)[C@@H]1CN(C(=O)Nc2ccccc2)CCN1C(=O)C1CCCCC1. The Kier molecular flexibility index (Phi) is 9.29. The summed E-state index contributed by atoms with van der Waals surface area (Å²) < 4.78 is 4.94. The third-order valence-electron chi connectivity index (χ3n) is 7.20. The van der Waals surface area contributed by atoms with Crippen LogP contribution < -0.4 is 10.6 Å². The zero-order valence-electron chi connectivity index (χ0n) is 21.7. The summed E-state index contributed by atoms with van der Waals surface area (Å²) in [6, 6.07) is 10.4. The monoisotopic (exact) mass is 521 g/mol. The zero-order valence-corrected chi connectivity index (χ0v) is 21.7. The molecule has 0 bridgehead atoms. The van der Waals surface area contributed by atoms with Gasteiger partial charge in [0.05, 0.1) is 13.7 Å². The standard InChI is InChI=1S/C28H35N5O5/c1-38-27(36)23(17-20-9-8-14-29-18-20)31-25(34)24-19-32(28(37)30-22-12-6-3-7-13-22)15-16-33(24)26(35)21-10-4-2-5-11-21/h3,6-9,12-14,18,21,23-24H,2,4-5,10-11,15-17,19H2,1H3,(H,30,37)(H,31,34)/t23-,24+/m1/s1. The van der Waals surface area contributed by atoms with Crippen LogP contribution in [-0.2, 0) is 25.5 Å². The molecule has 38 heavy (non-hydrogen) atoms. The normalized spacial score (nSPS) is 18.8. The highest BCUT2D eigenvalue weighted by molar-refractivity contribution is 5.94. The van der Waals surface area contributed by atoms with Crippen molar-refractivity contribution < 1.29 is 23.9 Å². The average molecular weight is 522 g/mol. The first-order valence-corrected chi connectivity index (χ1v) is 13.1. The third-order valence-corrected chi connectivity index (χ3v) is 7.20. The topological polar surface area (TPSA) is 121 Å². The molecule has 2 N–H and O–H groups in total. The van der Waals surface area contributed by atoms with Crippen molar-refractivity contribution in [1.82, 2.24) is 20.1 Å². The van der Waals surface area contributed by atoms with Gasteiger partial charge in [-0.05, 0) is 36.6 Å². The third kappa shape index (κ3) is 6.87. The van der Waals surface area contributed by atoms with Crippen LogP contribution in [0.2, 0.25) is 0 Å². The van der Waals surface area contributed by atoms with E-state index in [0.29, 0.717) is 12.2 Å². The van der Waals surface area contributed by atoms with Gasteiger partial charge >= 0.3 is 12.0 Å². The number of hydrogen-bond donors (Lipinski definition) is 2. The van der Waals surface area contributed by atoms with Crippen molar-refractivity contribution in [2.24, 2.45) is 5.92 Å². The number of urea groups is 1. The fraction of sp³-hybridized carbons (Fsp3) is 0.464. The molecule has 2 aromatic rings. The van der Waals surface area contributed by atoms with Gasteiger partial charge in [0.25, 0.3) is 0 Å². The minimum absolute atomic E-state index is 0.0176. The Morgan fingerprint density at radius 1 is 1.03 bits per heavy atom. The summed E-state index contributed by atoms with van der Waals surface area (Å²) in [5, 5.41) is 5.64. The van der Waals surface area contributed by atoms with Crippen molar-refractivity contribution in [1.29, 1.82) is 0 Å². The van der Waals surface area contributed by atoms with Gasteiger partial charge in [-0.1, -0.05) is 43.5 Å². The summed E-state index contributed by atoms with van der Waals surface area (Å²) in [5.74, 6) is -1.28. The van der Waals surface area contributed by atoms with Crippen LogP contribution in [0.4, 0.5) is 10.5 Å². The van der Waals surface area contributed by atoms with Crippen molar-refractivity contribution in [2.45, 2.75) is 50.6 Å². The van der Waals surface area contributed by atoms with Crippen LogP contribution in [-0.4, -0.2) is 77.4 Å². The predicted octanol–water partition coefficient (Wildman–Crippen LogP) is 2.61. The lowest BCUT2D eigenvalue weighted by Crippen LogP contribution is -2.64. The molecule has 2 atom stereocenters. The smallest absolute Gasteiger partial charge is 0.328 e. The Hall–Kier alpha value is -3.95. The van der Waals surface area contributed by atoms with Crippen molar-refractivity contribution in [2.75, 3.05) is 32.1 Å². The second-order valence-corrected chi connectivity index (χ2v) is 9.77. The average Bonchev–Trinajstić information content (AvgIpc) is 2.97. The van der Waals surface area contributed by atoms with Gasteiger partial charge in [0.2, 0.25) is 11.8 Å². The molecular formula is C28H35N5O5. The number of nitrogens with zero attached hydrogens (tertiary/aromatic N) is 3. The van der Waals surface area contributed by atoms with E-state index in [1.54, 1.807) is 35.5 Å². The molecule has 202 valence electrons. The Bertz CT molecular complexity index is 1110. The van der Waals surface area contributed by atoms with Crippen LogP contribution in [0.25, 0.3) is 0 Å². The Labute approximate surface area is 222 Å². The van der Waals surface area contributed by atoms with E-state index in [1.165, 1.54) is 12.0 Å². The van der Waals surface area contributed by atoms with E-state index in [4.69, 9.17) is 4.74 Å². The first-order chi connectivity index (χ1) is 18.5. The number of ether oxygens (including phenoxy) is 1. The molecule has 10 heteroatoms. The molecule has 4 amide bonds. The number of methoxy groups -OCH3 is 1. The Morgan fingerprint density at radius 2 is 1.79 bits per heavy atom. The number of pyridine rings is 1. The summed E-state index contributed by atoms with van der Waals surface area (Å²) in [7, 11) is 1.26. The Balaban J connectivity index is 1.52. The lowest BCUT2D eigenvalue weighted by Gasteiger charge is -2.42. The largest absolute Gasteiger partial charge is 0.467 e. The minimum Gasteiger partial charge on any atom is -0.467 e. The van der Waals surface area contributed by atoms with E-state index in [2.05, 4.69) is 15.6 Å². The maximum Gasteiger partial charge on any atom is 0.328 e. The number of nitrogens with one attached hydrogen (secondary N) is 2. The van der Waals surface area contributed by atoms with Gasteiger partial charge < -0.3 is 25.2 Å². The number of carbonyl (C=O) groups excluding carboxylic acids is 4. The van der Waals surface area contributed by atoms with E-state index in [9.17, 15) is 19.2 Å². The molecule has 2 heterocycles. The molecule has 10 nitrogen and oxygen atoms in total. The summed E-state index contributed by atoms with van der Waals surface area (Å²) in [6.45, 7) is 0.557. The Morgan fingerprint density at radius 3 is 2.47 bits per heavy atom. The van der Waals surface area contributed by atoms with E-state index >= 15 is 0 Å². The molecule has 2 aliphatic rings. The van der Waals surface area contributed by atoms with Crippen molar-refractivity contribution >= 4 is 29.5 Å². The number of carbonyl (C=O) groups is 4. The number of aromatic nitrogens is 1. The molecule has 1 aromatic carbocycles. The minimum atomic E-state index is -0.961. The van der Waals surface area contributed by atoms with Crippen molar-refractivity contribution in [3.63, 3.8) is 0 Å². The van der Waals surface area contributed by atoms with Crippen LogP contribution in [0, 0.1) is 5.92 Å². The molecule has 1 aliphatic carbocycles. The first kappa shape index (κ1) is 27.1. The first-order valence-electron chi connectivity index (χ1n) is 13.1. The molecular weight excluding hydrogens is 486 g/mol. The lowest BCUT2D eigenvalue weighted by molar-refractivity contribution is -0.149. The van der Waals surface area contributed by atoms with Crippen LogP contribution in [0.15, 0.2) is 54.9 Å². The van der Waals surface area contributed by atoms with E-state index in [1.807, 2.05) is 24.3 Å². The summed E-state index contributed by atoms with van der Waals surface area (Å²) in [6.07, 6.45) is 8.12. The second kappa shape index (κ2) is 13.0. The summed E-state index contributed by atoms with van der Waals surface area (Å²) in [4.78, 5) is 60.0. The number of hydrogen-bond acceptors (Lipinski definition) is 6. The van der Waals surface area contributed by atoms with Gasteiger partial charge in [0.15, 0.2) is 0 Å². The molecule has 0 spiro atoms. The molecule has 1 aliphatic heterocycles. The highest BCUT2D eigenvalue weighted by atomic mass is 16.5. The molecule has 1 aromatic heterocycles. The van der Waals surface area contributed by atoms with Crippen LogP contribution in [0.5, 0.6) is 0 Å². The highest BCUT2D eigenvalue weighted by Gasteiger charge is 2.40. The van der Waals surface area contributed by atoms with E-state index in [-0.39, 0.29) is 37.4 Å². The van der Waals surface area contributed by atoms with Crippen LogP contribution >= 0.6 is 0 Å². The van der Waals surface area contributed by atoms with Gasteiger partial charge in [-0.15, -0.1) is 0 Å². The molecule has 2 fully saturated rings. The number of para-hydroxylation sites is 1. The summed E-state index contributed by atoms with van der Waals surface area (Å²) in [5.41, 5.74) is 1.40. The van der Waals surface area contributed by atoms with Crippen LogP contribution in [0.3, 0.4) is 0 Å². The van der Waals surface area contributed by atoms with E-state index in [0.717, 1.165) is 37.7 Å². The number of esters is 1. The second-order valence-electron chi connectivity index (χ2n) is 9.77. The molecule has 1 saturated heterocycles. The number of benzene rings is 1. The van der Waals surface area contributed by atoms with Gasteiger partial charge in [-0.25, -0.2) is 9.59 Å². The molecule has 0 unspecified atom stereocenters. The van der Waals surface area contributed by atoms with Gasteiger partial charge in [-0.2, -0.15) is 0 Å². The molecule has 1 saturated carbocycles. The molecule has 4 rings (SSSR count). The summed E-state index contributed by atoms with van der Waals surface area (Å²) >= 11 is 0. The van der Waals surface area contributed by atoms with Crippen LogP contribution in [0.1, 0.15) is 37.7 Å². The molecule has 0 radical (unpaired) electrons. The number of amides is 4. The van der Waals surface area contributed by atoms with E-state index < -0.39 is 24.0 Å². The number of anilines is 1. The van der Waals surface area contributed by atoms with Gasteiger partial charge in [0, 0.05) is 43.5 Å². The maximum absolute atomic E-state index is 13.7. The number of piperazine rings is 1. The lowest BCUT2D eigenvalue weighted by atomic mass is 9.87. The zero-order chi connectivity index (χ0) is 26.9. The predicted molar refractivity (Wildman–Crippen MR) is 141 cm³/mol. The van der Waals surface area contributed by atoms with Crippen molar-refractivity contribution in [3.05, 3.63) is 60.4 Å².